The summed E-state index contributed by atoms with van der Waals surface area (Å²) in [6.07, 6.45) is 0.884. The minimum atomic E-state index is -4.73. The second kappa shape index (κ2) is 14.1. The first-order chi connectivity index (χ1) is 20.8. The molecule has 12 nitrogen and oxygen atoms in total. The van der Waals surface area contributed by atoms with Crippen molar-refractivity contribution in [3.05, 3.63) is 81.9 Å². The zero-order valence-electron chi connectivity index (χ0n) is 27.2. The molecule has 2 unspecified atom stereocenters. The lowest BCUT2D eigenvalue weighted by atomic mass is 9.99. The van der Waals surface area contributed by atoms with Crippen LogP contribution in [0.5, 0.6) is 0 Å². The number of sulfonamides is 1. The minimum Gasteiger partial charge on any atom is -0.444 e. The zero-order valence-corrected chi connectivity index (χ0v) is 29.0. The Bertz CT molecular complexity index is 1490. The van der Waals surface area contributed by atoms with Gasteiger partial charge in [0.15, 0.2) is 13.2 Å². The molecule has 248 valence electrons. The largest absolute Gasteiger partial charge is 0.444 e. The average Bonchev–Trinajstić information content (AvgIpc) is 2.95. The molecule has 0 aliphatic carbocycles. The molecule has 0 spiro atoms. The lowest BCUT2D eigenvalue weighted by Crippen LogP contribution is -2.57. The van der Waals surface area contributed by atoms with Crippen LogP contribution in [0.15, 0.2) is 71.1 Å². The molecule has 1 N–H and O–H groups in total. The molecule has 0 radical (unpaired) electrons. The summed E-state index contributed by atoms with van der Waals surface area (Å²) in [5.41, 5.74) is -0.622. The molecule has 1 aliphatic rings. The fourth-order valence-corrected chi connectivity index (χ4v) is 6.99. The number of benzene rings is 2. The molecule has 2 aromatic rings. The highest BCUT2D eigenvalue weighted by atomic mass is 32.2. The zero-order chi connectivity index (χ0) is 33.8. The quantitative estimate of drug-likeness (QED) is 0.139. The number of hydroxylamine groups is 1. The summed E-state index contributed by atoms with van der Waals surface area (Å²) in [5.74, 6) is 0. The van der Waals surface area contributed by atoms with Crippen LogP contribution in [0.1, 0.15) is 47.1 Å². The molecule has 0 fully saturated rings. The monoisotopic (exact) mass is 663 g/mol. The smallest absolute Gasteiger partial charge is 0.410 e. The standard InChI is InChI=1S/C31H45N3O9SSi/c1-30(2,3)43-29(36)32-19-27(24(20-35)18-25(32)22-42-45(7,8)31(4,5)6)34(41-21-23-14-10-9-11-15-23)44(39,40)28-17-13-12-16-26(28)33(37)38/h9-18,25,27,35H,19-22H2,1-8H3. The molecule has 3 rings (SSSR count). The third kappa shape index (κ3) is 8.99. The molecule has 0 bridgehead atoms. The molecular formula is C31H45N3O9SSi. The van der Waals surface area contributed by atoms with Crippen LogP contribution < -0.4 is 0 Å². The first kappa shape index (κ1) is 36.3. The highest BCUT2D eigenvalue weighted by Gasteiger charge is 2.45. The van der Waals surface area contributed by atoms with Gasteiger partial charge >= 0.3 is 6.09 Å². The van der Waals surface area contributed by atoms with Crippen LogP contribution in [-0.4, -0.2) is 79.7 Å². The lowest BCUT2D eigenvalue weighted by molar-refractivity contribution is -0.388. The highest BCUT2D eigenvalue weighted by molar-refractivity contribution is 7.89. The van der Waals surface area contributed by atoms with E-state index in [2.05, 4.69) is 33.9 Å². The van der Waals surface area contributed by atoms with E-state index in [9.17, 15) is 28.4 Å². The van der Waals surface area contributed by atoms with Gasteiger partial charge in [-0.25, -0.2) is 13.2 Å². The SMILES string of the molecule is CC(C)(C)OC(=O)N1CC(N(OCc2ccccc2)S(=O)(=O)c2ccccc2[N+](=O)[O-])C(CO)=CC1CO[Si](C)(C)C(C)(C)C. The van der Waals surface area contributed by atoms with E-state index in [4.69, 9.17) is 14.0 Å². The van der Waals surface area contributed by atoms with Crippen molar-refractivity contribution in [1.29, 1.82) is 0 Å². The maximum absolute atomic E-state index is 14.2. The van der Waals surface area contributed by atoms with E-state index >= 15 is 0 Å². The number of rotatable bonds is 11. The number of ether oxygens (including phenoxy) is 1. The van der Waals surface area contributed by atoms with E-state index in [0.717, 1.165) is 12.1 Å². The normalized spacial score (nSPS) is 18.1. The van der Waals surface area contributed by atoms with Crippen molar-refractivity contribution in [3.8, 4) is 0 Å². The Hall–Kier alpha value is -3.14. The second-order valence-electron chi connectivity index (χ2n) is 13.4. The number of nitro groups is 1. The molecule has 14 heteroatoms. The molecule has 1 amide bonds. The van der Waals surface area contributed by atoms with E-state index < -0.39 is 64.2 Å². The molecular weight excluding hydrogens is 619 g/mol. The predicted octanol–water partition coefficient (Wildman–Crippen LogP) is 5.65. The molecule has 45 heavy (non-hydrogen) atoms. The fourth-order valence-electron chi connectivity index (χ4n) is 4.39. The van der Waals surface area contributed by atoms with Crippen LogP contribution in [-0.2, 0) is 30.6 Å². The number of amides is 1. The second-order valence-corrected chi connectivity index (χ2v) is 20.0. The van der Waals surface area contributed by atoms with Crippen LogP contribution in [0.25, 0.3) is 0 Å². The van der Waals surface area contributed by atoms with Gasteiger partial charge in [-0.15, -0.1) is 0 Å². The number of nitrogens with zero attached hydrogens (tertiary/aromatic N) is 3. The van der Waals surface area contributed by atoms with Gasteiger partial charge in [-0.2, -0.15) is 0 Å². The fraction of sp³-hybridized carbons (Fsp3) is 0.516. The van der Waals surface area contributed by atoms with E-state index in [-0.39, 0.29) is 30.4 Å². The van der Waals surface area contributed by atoms with Crippen molar-refractivity contribution in [1.82, 2.24) is 9.37 Å². The van der Waals surface area contributed by atoms with Gasteiger partial charge in [-0.05, 0) is 56.1 Å². The van der Waals surface area contributed by atoms with Gasteiger partial charge in [0, 0.05) is 12.6 Å². The first-order valence-corrected chi connectivity index (χ1v) is 19.0. The van der Waals surface area contributed by atoms with Crippen molar-refractivity contribution < 1.29 is 37.2 Å². The number of hydrogen-bond donors (Lipinski definition) is 1. The number of carbonyl (C=O) groups is 1. The third-order valence-corrected chi connectivity index (χ3v) is 14.1. The average molecular weight is 664 g/mol. The Balaban J connectivity index is 2.14. The lowest BCUT2D eigenvalue weighted by Gasteiger charge is -2.43. The van der Waals surface area contributed by atoms with E-state index in [1.165, 1.54) is 17.0 Å². The third-order valence-electron chi connectivity index (χ3n) is 7.87. The van der Waals surface area contributed by atoms with Crippen molar-refractivity contribution >= 4 is 30.1 Å². The minimum absolute atomic E-state index is 0.0910. The highest BCUT2D eigenvalue weighted by Crippen LogP contribution is 2.38. The summed E-state index contributed by atoms with van der Waals surface area (Å²) in [6.45, 7) is 14.6. The number of hydrogen-bond acceptors (Lipinski definition) is 9. The first-order valence-electron chi connectivity index (χ1n) is 14.7. The van der Waals surface area contributed by atoms with Crippen LogP contribution in [0, 0.1) is 10.1 Å². The summed E-state index contributed by atoms with van der Waals surface area (Å²) in [4.78, 5) is 31.4. The van der Waals surface area contributed by atoms with E-state index in [0.29, 0.717) is 10.0 Å². The van der Waals surface area contributed by atoms with Crippen molar-refractivity contribution in [2.45, 2.75) is 88.9 Å². The van der Waals surface area contributed by atoms with Crippen LogP contribution in [0.4, 0.5) is 10.5 Å². The van der Waals surface area contributed by atoms with Gasteiger partial charge in [0.25, 0.3) is 15.7 Å². The maximum atomic E-state index is 14.2. The maximum Gasteiger partial charge on any atom is 0.410 e. The van der Waals surface area contributed by atoms with Gasteiger partial charge < -0.3 is 14.3 Å². The number of aliphatic hydroxyl groups excluding tert-OH is 1. The van der Waals surface area contributed by atoms with Crippen molar-refractivity contribution in [3.63, 3.8) is 0 Å². The van der Waals surface area contributed by atoms with Gasteiger partial charge in [0.1, 0.15) is 5.60 Å². The molecule has 0 saturated heterocycles. The van der Waals surface area contributed by atoms with Crippen LogP contribution in [0.3, 0.4) is 0 Å². The van der Waals surface area contributed by atoms with Crippen molar-refractivity contribution in [2.75, 3.05) is 19.8 Å². The summed E-state index contributed by atoms with van der Waals surface area (Å²) < 4.78 is 41.3. The van der Waals surface area contributed by atoms with E-state index in [1.54, 1.807) is 57.2 Å². The van der Waals surface area contributed by atoms with Gasteiger partial charge in [-0.3, -0.25) is 19.9 Å². The number of nitro benzene ring substituents is 1. The van der Waals surface area contributed by atoms with Crippen molar-refractivity contribution in [2.24, 2.45) is 0 Å². The summed E-state index contributed by atoms with van der Waals surface area (Å²) in [5, 5.41) is 22.3. The Morgan fingerprint density at radius 3 is 2.22 bits per heavy atom. The molecule has 0 aromatic heterocycles. The predicted molar refractivity (Wildman–Crippen MR) is 172 cm³/mol. The Morgan fingerprint density at radius 2 is 1.67 bits per heavy atom. The Morgan fingerprint density at radius 1 is 1.07 bits per heavy atom. The molecule has 2 atom stereocenters. The summed E-state index contributed by atoms with van der Waals surface area (Å²) in [7, 11) is -7.01. The number of aliphatic hydroxyl groups is 1. The topological polar surface area (TPSA) is 149 Å². The van der Waals surface area contributed by atoms with Gasteiger partial charge in [0.05, 0.1) is 36.8 Å². The molecule has 0 saturated carbocycles. The Labute approximate surface area is 266 Å². The van der Waals surface area contributed by atoms with Crippen LogP contribution in [0.2, 0.25) is 18.1 Å². The number of para-hydroxylation sites is 1. The summed E-state index contributed by atoms with van der Waals surface area (Å²) >= 11 is 0. The number of carbonyl (C=O) groups excluding carboxylic acids is 1. The van der Waals surface area contributed by atoms with Gasteiger partial charge in [-0.1, -0.05) is 73.8 Å². The molecule has 1 heterocycles. The van der Waals surface area contributed by atoms with Crippen LogP contribution >= 0.6 is 0 Å². The van der Waals surface area contributed by atoms with Gasteiger partial charge in [0.2, 0.25) is 0 Å². The van der Waals surface area contributed by atoms with E-state index in [1.807, 2.05) is 0 Å². The summed E-state index contributed by atoms with van der Waals surface area (Å²) in [6, 6.07) is 11.8. The Kier molecular flexibility index (Phi) is 11.4. The molecule has 1 aliphatic heterocycles. The molecule has 2 aromatic carbocycles.